The SMILES string of the molecule is CC(C(=O)O)c1ccccc1CCC(SCCC(C)(C)O)c1cccc(/C=C/c2ccc3ccc(Cl)cc3n2)c1. The minimum atomic E-state index is -0.813. The molecule has 40 heavy (non-hydrogen) atoms. The van der Waals surface area contributed by atoms with Gasteiger partial charge in [0, 0.05) is 15.7 Å². The lowest BCUT2D eigenvalue weighted by Gasteiger charge is -2.22. The number of aromatic nitrogens is 1. The first kappa shape index (κ1) is 29.9. The summed E-state index contributed by atoms with van der Waals surface area (Å²) < 4.78 is 0. The molecule has 4 nitrogen and oxygen atoms in total. The fourth-order valence-electron chi connectivity index (χ4n) is 4.64. The van der Waals surface area contributed by atoms with Crippen LogP contribution in [-0.2, 0) is 11.2 Å². The van der Waals surface area contributed by atoms with E-state index < -0.39 is 17.5 Å². The Bertz CT molecular complexity index is 1490. The Kier molecular flexibility index (Phi) is 10.1. The normalized spacial score (nSPS) is 13.5. The van der Waals surface area contributed by atoms with E-state index in [1.807, 2.05) is 86.3 Å². The number of hydrogen-bond acceptors (Lipinski definition) is 4. The largest absolute Gasteiger partial charge is 0.481 e. The quantitative estimate of drug-likeness (QED) is 0.177. The van der Waals surface area contributed by atoms with E-state index in [1.165, 1.54) is 5.56 Å². The van der Waals surface area contributed by atoms with Gasteiger partial charge in [-0.05, 0) is 92.3 Å². The van der Waals surface area contributed by atoms with E-state index in [0.717, 1.165) is 51.9 Å². The molecule has 0 amide bonds. The van der Waals surface area contributed by atoms with Crippen molar-refractivity contribution in [2.75, 3.05) is 5.75 Å². The van der Waals surface area contributed by atoms with Gasteiger partial charge in [0.25, 0.3) is 0 Å². The van der Waals surface area contributed by atoms with E-state index in [-0.39, 0.29) is 5.25 Å². The average Bonchev–Trinajstić information content (AvgIpc) is 2.92. The van der Waals surface area contributed by atoms with Crippen molar-refractivity contribution in [2.24, 2.45) is 0 Å². The van der Waals surface area contributed by atoms with Gasteiger partial charge in [0.05, 0.1) is 22.7 Å². The third-order valence-corrected chi connectivity index (χ3v) is 8.59. The molecule has 208 valence electrons. The molecule has 0 radical (unpaired) electrons. The number of aliphatic carboxylic acids is 1. The molecule has 6 heteroatoms. The summed E-state index contributed by atoms with van der Waals surface area (Å²) in [6.45, 7) is 5.42. The van der Waals surface area contributed by atoms with Crippen molar-refractivity contribution in [3.63, 3.8) is 0 Å². The average molecular weight is 574 g/mol. The molecule has 4 rings (SSSR count). The molecule has 0 fully saturated rings. The van der Waals surface area contributed by atoms with Gasteiger partial charge in [0.1, 0.15) is 0 Å². The number of aryl methyl sites for hydroxylation is 1. The van der Waals surface area contributed by atoms with Gasteiger partial charge in [-0.15, -0.1) is 0 Å². The zero-order valence-corrected chi connectivity index (χ0v) is 24.8. The fraction of sp³-hybridized carbons (Fsp3) is 0.294. The van der Waals surface area contributed by atoms with Crippen LogP contribution in [0.15, 0.2) is 78.9 Å². The van der Waals surface area contributed by atoms with Crippen LogP contribution >= 0.6 is 23.4 Å². The summed E-state index contributed by atoms with van der Waals surface area (Å²) in [5, 5.41) is 21.8. The van der Waals surface area contributed by atoms with Crippen molar-refractivity contribution in [1.29, 1.82) is 0 Å². The predicted octanol–water partition coefficient (Wildman–Crippen LogP) is 8.81. The second-order valence-electron chi connectivity index (χ2n) is 10.8. The highest BCUT2D eigenvalue weighted by Crippen LogP contribution is 2.36. The minimum Gasteiger partial charge on any atom is -0.481 e. The van der Waals surface area contributed by atoms with E-state index in [9.17, 15) is 15.0 Å². The van der Waals surface area contributed by atoms with Crippen molar-refractivity contribution in [2.45, 2.75) is 56.8 Å². The fourth-order valence-corrected chi connectivity index (χ4v) is 6.34. The van der Waals surface area contributed by atoms with Crippen molar-refractivity contribution in [1.82, 2.24) is 4.98 Å². The summed E-state index contributed by atoms with van der Waals surface area (Å²) >= 11 is 8.00. The Morgan fingerprint density at radius 1 is 1.02 bits per heavy atom. The third kappa shape index (κ3) is 8.44. The van der Waals surface area contributed by atoms with Crippen molar-refractivity contribution >= 4 is 52.4 Å². The van der Waals surface area contributed by atoms with Gasteiger partial charge in [-0.1, -0.05) is 78.3 Å². The monoisotopic (exact) mass is 573 g/mol. The summed E-state index contributed by atoms with van der Waals surface area (Å²) in [4.78, 5) is 16.4. The standard InChI is InChI=1S/C34H36ClNO3S/c1-23(33(37)38)30-10-5-4-8-25(30)14-18-32(40-20-19-34(2,3)39)27-9-6-7-24(21-27)11-16-29-17-13-26-12-15-28(35)22-31(26)36-29/h4-13,15-17,21-23,32,39H,14,18-20H2,1-3H3,(H,37,38)/b16-11+. The number of thioether (sulfide) groups is 1. The van der Waals surface area contributed by atoms with Crippen molar-refractivity contribution in [3.05, 3.63) is 112 Å². The van der Waals surface area contributed by atoms with Crippen LogP contribution in [0, 0.1) is 0 Å². The number of rotatable bonds is 12. The third-order valence-electron chi connectivity index (χ3n) is 7.01. The molecule has 0 saturated heterocycles. The van der Waals surface area contributed by atoms with Crippen LogP contribution in [0.3, 0.4) is 0 Å². The maximum atomic E-state index is 11.7. The molecule has 2 N–H and O–H groups in total. The number of halogens is 1. The molecule has 0 aliphatic carbocycles. The molecule has 0 bridgehead atoms. The van der Waals surface area contributed by atoms with Crippen LogP contribution in [0.2, 0.25) is 5.02 Å². The van der Waals surface area contributed by atoms with E-state index >= 15 is 0 Å². The molecule has 0 saturated carbocycles. The lowest BCUT2D eigenvalue weighted by atomic mass is 9.92. The number of pyridine rings is 1. The summed E-state index contributed by atoms with van der Waals surface area (Å²) in [7, 11) is 0. The Labute approximate surface area is 246 Å². The highest BCUT2D eigenvalue weighted by molar-refractivity contribution is 7.99. The number of fused-ring (bicyclic) bond motifs is 1. The van der Waals surface area contributed by atoms with Gasteiger partial charge < -0.3 is 10.2 Å². The van der Waals surface area contributed by atoms with Gasteiger partial charge in [0.2, 0.25) is 0 Å². The van der Waals surface area contributed by atoms with Crippen LogP contribution in [-0.4, -0.2) is 32.5 Å². The molecule has 1 heterocycles. The van der Waals surface area contributed by atoms with E-state index in [1.54, 1.807) is 6.92 Å². The van der Waals surface area contributed by atoms with Gasteiger partial charge in [-0.3, -0.25) is 4.79 Å². The molecule has 2 unspecified atom stereocenters. The zero-order valence-electron chi connectivity index (χ0n) is 23.2. The lowest BCUT2D eigenvalue weighted by molar-refractivity contribution is -0.138. The number of carboxylic acid groups (broad SMARTS) is 1. The van der Waals surface area contributed by atoms with Crippen LogP contribution in [0.25, 0.3) is 23.1 Å². The van der Waals surface area contributed by atoms with E-state index in [4.69, 9.17) is 16.6 Å². The van der Waals surface area contributed by atoms with Crippen molar-refractivity contribution < 1.29 is 15.0 Å². The molecule has 4 aromatic rings. The van der Waals surface area contributed by atoms with E-state index in [0.29, 0.717) is 11.4 Å². The number of carboxylic acids is 1. The molecule has 3 aromatic carbocycles. The number of nitrogens with zero attached hydrogens (tertiary/aromatic N) is 1. The zero-order chi connectivity index (χ0) is 28.7. The molecular weight excluding hydrogens is 538 g/mol. The van der Waals surface area contributed by atoms with Crippen LogP contribution < -0.4 is 0 Å². The van der Waals surface area contributed by atoms with Gasteiger partial charge >= 0.3 is 5.97 Å². The molecule has 1 aromatic heterocycles. The maximum Gasteiger partial charge on any atom is 0.310 e. The number of benzene rings is 3. The summed E-state index contributed by atoms with van der Waals surface area (Å²) in [5.41, 5.74) is 5.25. The minimum absolute atomic E-state index is 0.199. The summed E-state index contributed by atoms with van der Waals surface area (Å²) in [6, 6.07) is 26.1. The lowest BCUT2D eigenvalue weighted by Crippen LogP contribution is -2.19. The number of carbonyl (C=O) groups is 1. The first-order valence-electron chi connectivity index (χ1n) is 13.6. The topological polar surface area (TPSA) is 70.4 Å². The predicted molar refractivity (Wildman–Crippen MR) is 169 cm³/mol. The Morgan fingerprint density at radius 2 is 1.80 bits per heavy atom. The summed E-state index contributed by atoms with van der Waals surface area (Å²) in [5.74, 6) is -0.539. The smallest absolute Gasteiger partial charge is 0.310 e. The highest BCUT2D eigenvalue weighted by atomic mass is 35.5. The Balaban J connectivity index is 1.55. The second-order valence-corrected chi connectivity index (χ2v) is 12.5. The molecule has 0 spiro atoms. The Morgan fingerprint density at radius 3 is 2.58 bits per heavy atom. The molecule has 0 aliphatic rings. The van der Waals surface area contributed by atoms with Gasteiger partial charge in [-0.2, -0.15) is 11.8 Å². The highest BCUT2D eigenvalue weighted by Gasteiger charge is 2.20. The number of hydrogen-bond donors (Lipinski definition) is 2. The van der Waals surface area contributed by atoms with Crippen LogP contribution in [0.1, 0.15) is 72.7 Å². The first-order chi connectivity index (χ1) is 19.1. The molecule has 2 atom stereocenters. The van der Waals surface area contributed by atoms with Crippen LogP contribution in [0.4, 0.5) is 0 Å². The van der Waals surface area contributed by atoms with Gasteiger partial charge in [0.15, 0.2) is 0 Å². The van der Waals surface area contributed by atoms with Crippen molar-refractivity contribution in [3.8, 4) is 0 Å². The molecule has 0 aliphatic heterocycles. The Hall–Kier alpha value is -3.12. The summed E-state index contributed by atoms with van der Waals surface area (Å²) in [6.07, 6.45) is 6.42. The van der Waals surface area contributed by atoms with E-state index in [2.05, 4.69) is 30.3 Å². The number of aliphatic hydroxyl groups is 1. The second kappa shape index (κ2) is 13.5. The first-order valence-corrected chi connectivity index (χ1v) is 15.0. The van der Waals surface area contributed by atoms with Crippen LogP contribution in [0.5, 0.6) is 0 Å². The molecular formula is C34H36ClNO3S. The maximum absolute atomic E-state index is 11.7. The van der Waals surface area contributed by atoms with Gasteiger partial charge in [-0.25, -0.2) is 4.98 Å².